The summed E-state index contributed by atoms with van der Waals surface area (Å²) in [5.74, 6) is 2.98. The zero-order chi connectivity index (χ0) is 31.5. The van der Waals surface area contributed by atoms with Gasteiger partial charge in [0, 0.05) is 29.5 Å². The summed E-state index contributed by atoms with van der Waals surface area (Å²) in [6, 6.07) is 26.4. The van der Waals surface area contributed by atoms with E-state index in [9.17, 15) is 4.79 Å². The molecule has 1 amide bonds. The van der Waals surface area contributed by atoms with Crippen LogP contribution in [0.15, 0.2) is 84.9 Å². The number of aromatic nitrogens is 3. The zero-order valence-corrected chi connectivity index (χ0v) is 26.8. The number of halogens is 1. The number of carbonyl (C=O) groups is 1. The lowest BCUT2D eigenvalue weighted by Crippen LogP contribution is -2.30. The molecule has 0 fully saturated rings. The van der Waals surface area contributed by atoms with Crippen molar-refractivity contribution in [2.24, 2.45) is 5.92 Å². The maximum atomic E-state index is 13.6. The number of carbonyl (C=O) groups excluding carboxylic acids is 1. The lowest BCUT2D eigenvalue weighted by Gasteiger charge is -2.29. The second-order valence-corrected chi connectivity index (χ2v) is 11.9. The number of methoxy groups -OCH3 is 2. The minimum Gasteiger partial charge on any atom is -0.497 e. The number of nitrogens with one attached hydrogen (secondary N) is 1. The number of allylic oxidation sites excluding steroid dienone is 1. The highest BCUT2D eigenvalue weighted by Crippen LogP contribution is 2.42. The minimum atomic E-state index is -0.179. The average molecular weight is 621 g/mol. The van der Waals surface area contributed by atoms with Crippen LogP contribution in [0.2, 0.25) is 5.02 Å². The highest BCUT2D eigenvalue weighted by atomic mass is 35.5. The van der Waals surface area contributed by atoms with Crippen LogP contribution in [-0.4, -0.2) is 41.4 Å². The van der Waals surface area contributed by atoms with Crippen molar-refractivity contribution >= 4 is 33.9 Å². The summed E-state index contributed by atoms with van der Waals surface area (Å²) in [5.41, 5.74) is 5.21. The number of nitrogens with zero attached hydrogens (tertiary/aromatic N) is 3. The van der Waals surface area contributed by atoms with Crippen molar-refractivity contribution in [3.8, 4) is 17.2 Å². The second-order valence-electron chi connectivity index (χ2n) is 11.4. The number of rotatable bonds is 9. The molecule has 0 aliphatic carbocycles. The topological polar surface area (TPSA) is 78.3 Å². The fourth-order valence-electron chi connectivity index (χ4n) is 6.28. The van der Waals surface area contributed by atoms with Crippen molar-refractivity contribution in [2.75, 3.05) is 20.8 Å². The van der Waals surface area contributed by atoms with Gasteiger partial charge in [0.1, 0.15) is 23.1 Å². The normalized spacial score (nSPS) is 15.8. The van der Waals surface area contributed by atoms with E-state index in [1.165, 1.54) is 0 Å². The van der Waals surface area contributed by atoms with Gasteiger partial charge in [-0.2, -0.15) is 0 Å². The molecule has 1 aliphatic rings. The number of hydrogen-bond acceptors (Lipinski definition) is 5. The Morgan fingerprint density at radius 2 is 1.64 bits per heavy atom. The molecule has 0 saturated carbocycles. The monoisotopic (exact) mass is 620 g/mol. The Morgan fingerprint density at radius 3 is 2.40 bits per heavy atom. The van der Waals surface area contributed by atoms with Gasteiger partial charge in [-0.05, 0) is 95.6 Å². The van der Waals surface area contributed by atoms with Crippen molar-refractivity contribution in [3.05, 3.63) is 118 Å². The molecule has 2 atom stereocenters. The first-order valence-electron chi connectivity index (χ1n) is 15.3. The van der Waals surface area contributed by atoms with Gasteiger partial charge in [0.05, 0.1) is 19.9 Å². The van der Waals surface area contributed by atoms with Gasteiger partial charge in [0.2, 0.25) is 5.91 Å². The van der Waals surface area contributed by atoms with Gasteiger partial charge in [0.25, 0.3) is 0 Å². The van der Waals surface area contributed by atoms with E-state index in [2.05, 4.69) is 63.4 Å². The first kappa shape index (κ1) is 30.4. The van der Waals surface area contributed by atoms with Gasteiger partial charge < -0.3 is 14.8 Å². The molecule has 2 heterocycles. The standard InChI is InChI=1S/C37H37ClN4O3/c1-5-25-20-32(27-8-11-29(38)12-9-27)34-21-31(45-4)14-15-35(34)42-23(2)40-41-37(42)33(25)22-36(43)39-17-16-24-6-7-26-10-13-30(44-3)19-28(26)18-24/h6-15,18-21,25,33H,5,16-17,22H2,1-4H3,(H,39,43). The predicted octanol–water partition coefficient (Wildman–Crippen LogP) is 7.70. The number of amides is 1. The third kappa shape index (κ3) is 6.31. The fourth-order valence-corrected chi connectivity index (χ4v) is 6.41. The van der Waals surface area contributed by atoms with Gasteiger partial charge in [-0.15, -0.1) is 10.2 Å². The Bertz CT molecular complexity index is 1880. The Balaban J connectivity index is 1.30. The third-order valence-corrected chi connectivity index (χ3v) is 8.95. The fraction of sp³-hybridized carbons (Fsp3) is 0.270. The molecular formula is C37H37ClN4O3. The molecule has 6 rings (SSSR count). The number of ether oxygens (including phenoxy) is 2. The third-order valence-electron chi connectivity index (χ3n) is 8.69. The van der Waals surface area contributed by atoms with Crippen LogP contribution >= 0.6 is 11.6 Å². The molecule has 0 spiro atoms. The first-order valence-corrected chi connectivity index (χ1v) is 15.7. The molecule has 45 heavy (non-hydrogen) atoms. The average Bonchev–Trinajstić information content (AvgIpc) is 3.43. The molecule has 0 radical (unpaired) electrons. The highest BCUT2D eigenvalue weighted by Gasteiger charge is 2.33. The Morgan fingerprint density at radius 1 is 0.911 bits per heavy atom. The van der Waals surface area contributed by atoms with E-state index in [1.807, 2.05) is 55.5 Å². The maximum Gasteiger partial charge on any atom is 0.220 e. The molecule has 5 aromatic rings. The molecule has 2 unspecified atom stereocenters. The van der Waals surface area contributed by atoms with Crippen molar-refractivity contribution in [3.63, 3.8) is 0 Å². The Labute approximate surface area is 268 Å². The van der Waals surface area contributed by atoms with Gasteiger partial charge in [-0.1, -0.05) is 61.0 Å². The summed E-state index contributed by atoms with van der Waals surface area (Å²) in [7, 11) is 3.35. The molecule has 4 aromatic carbocycles. The van der Waals surface area contributed by atoms with Gasteiger partial charge in [0.15, 0.2) is 0 Å². The summed E-state index contributed by atoms with van der Waals surface area (Å²) in [6.07, 6.45) is 4.13. The molecule has 1 aliphatic heterocycles. The number of fused-ring (bicyclic) bond motifs is 4. The van der Waals surface area contributed by atoms with Crippen molar-refractivity contribution in [2.45, 2.75) is 39.0 Å². The first-order chi connectivity index (χ1) is 21.9. The molecule has 8 heteroatoms. The predicted molar refractivity (Wildman–Crippen MR) is 180 cm³/mol. The van der Waals surface area contributed by atoms with Gasteiger partial charge >= 0.3 is 0 Å². The van der Waals surface area contributed by atoms with Crippen LogP contribution in [0.25, 0.3) is 22.0 Å². The van der Waals surface area contributed by atoms with Crippen molar-refractivity contribution in [1.29, 1.82) is 0 Å². The quantitative estimate of drug-likeness (QED) is 0.183. The van der Waals surface area contributed by atoms with Crippen LogP contribution in [0.1, 0.15) is 54.0 Å². The summed E-state index contributed by atoms with van der Waals surface area (Å²) in [6.45, 7) is 4.65. The van der Waals surface area contributed by atoms with E-state index >= 15 is 0 Å². The molecule has 230 valence electrons. The smallest absolute Gasteiger partial charge is 0.220 e. The van der Waals surface area contributed by atoms with Crippen LogP contribution in [-0.2, 0) is 11.2 Å². The summed E-state index contributed by atoms with van der Waals surface area (Å²) in [4.78, 5) is 13.6. The molecule has 0 saturated heterocycles. The maximum absolute atomic E-state index is 13.6. The van der Waals surface area contributed by atoms with Crippen LogP contribution < -0.4 is 14.8 Å². The van der Waals surface area contributed by atoms with Crippen LogP contribution in [0.3, 0.4) is 0 Å². The van der Waals surface area contributed by atoms with E-state index < -0.39 is 0 Å². The highest BCUT2D eigenvalue weighted by molar-refractivity contribution is 6.30. The number of hydrogen-bond donors (Lipinski definition) is 1. The van der Waals surface area contributed by atoms with Gasteiger partial charge in [-0.25, -0.2) is 0 Å². The lowest BCUT2D eigenvalue weighted by molar-refractivity contribution is -0.121. The molecule has 0 bridgehead atoms. The molecular weight excluding hydrogens is 584 g/mol. The zero-order valence-electron chi connectivity index (χ0n) is 26.0. The van der Waals surface area contributed by atoms with Crippen LogP contribution in [0.5, 0.6) is 11.5 Å². The van der Waals surface area contributed by atoms with Crippen molar-refractivity contribution < 1.29 is 14.3 Å². The minimum absolute atomic E-state index is 0.00918. The van der Waals surface area contributed by atoms with E-state index in [0.717, 1.165) is 74.7 Å². The van der Waals surface area contributed by atoms with Crippen LogP contribution in [0.4, 0.5) is 0 Å². The molecule has 1 aromatic heterocycles. The summed E-state index contributed by atoms with van der Waals surface area (Å²) >= 11 is 6.28. The molecule has 1 N–H and O–H groups in total. The lowest BCUT2D eigenvalue weighted by atomic mass is 9.81. The van der Waals surface area contributed by atoms with E-state index in [4.69, 9.17) is 21.1 Å². The van der Waals surface area contributed by atoms with Crippen LogP contribution in [0, 0.1) is 12.8 Å². The van der Waals surface area contributed by atoms with Crippen molar-refractivity contribution in [1.82, 2.24) is 20.1 Å². The number of aryl methyl sites for hydroxylation is 1. The summed E-state index contributed by atoms with van der Waals surface area (Å²) in [5, 5.41) is 15.3. The Kier molecular flexibility index (Phi) is 8.90. The second kappa shape index (κ2) is 13.2. The summed E-state index contributed by atoms with van der Waals surface area (Å²) < 4.78 is 13.1. The number of benzene rings is 4. The SMILES string of the molecule is CCC1C=C(c2ccc(Cl)cc2)c2cc(OC)ccc2-n2c(C)nnc2C1CC(=O)NCCc1ccc2ccc(OC)cc2c1. The Hall–Kier alpha value is -4.62. The molecule has 7 nitrogen and oxygen atoms in total. The van der Waals surface area contributed by atoms with E-state index in [-0.39, 0.29) is 17.7 Å². The largest absolute Gasteiger partial charge is 0.497 e. The van der Waals surface area contributed by atoms with Gasteiger partial charge in [-0.3, -0.25) is 9.36 Å². The van der Waals surface area contributed by atoms with E-state index in [1.54, 1.807) is 14.2 Å². The van der Waals surface area contributed by atoms with E-state index in [0.29, 0.717) is 18.0 Å².